The van der Waals surface area contributed by atoms with E-state index < -0.39 is 0 Å². The molecule has 12 heavy (non-hydrogen) atoms. The Morgan fingerprint density at radius 1 is 1.83 bits per heavy atom. The summed E-state index contributed by atoms with van der Waals surface area (Å²) in [7, 11) is 0. The van der Waals surface area contributed by atoms with Crippen LogP contribution in [0.15, 0.2) is 0 Å². The van der Waals surface area contributed by atoms with Crippen molar-refractivity contribution in [2.75, 3.05) is 0 Å². The molecule has 1 amide bonds. The lowest BCUT2D eigenvalue weighted by molar-refractivity contribution is -0.130. The van der Waals surface area contributed by atoms with E-state index in [1.807, 2.05) is 13.8 Å². The average Bonchev–Trinajstić information content (AvgIpc) is 2.38. The topological polar surface area (TPSA) is 44.1 Å². The fourth-order valence-corrected chi connectivity index (χ4v) is 1.68. The number of rotatable bonds is 2. The van der Waals surface area contributed by atoms with E-state index in [4.69, 9.17) is 5.26 Å². The van der Waals surface area contributed by atoms with Crippen molar-refractivity contribution in [3.8, 4) is 6.07 Å². The Hall–Kier alpha value is -1.04. The van der Waals surface area contributed by atoms with E-state index >= 15 is 0 Å². The standard InChI is InChI=1S/C9H14N2O/c1-3-8(6-10)11-7(2)4-5-9(11)12/h7-8H,3-5H2,1-2H3. The highest BCUT2D eigenvalue weighted by Gasteiger charge is 2.32. The van der Waals surface area contributed by atoms with Crippen molar-refractivity contribution in [1.82, 2.24) is 4.90 Å². The maximum absolute atomic E-state index is 11.3. The summed E-state index contributed by atoms with van der Waals surface area (Å²) >= 11 is 0. The van der Waals surface area contributed by atoms with E-state index in [1.165, 1.54) is 0 Å². The molecule has 2 atom stereocenters. The second-order valence-corrected chi connectivity index (χ2v) is 3.24. The Labute approximate surface area is 73.0 Å². The summed E-state index contributed by atoms with van der Waals surface area (Å²) in [6.45, 7) is 3.94. The van der Waals surface area contributed by atoms with E-state index in [-0.39, 0.29) is 18.0 Å². The Morgan fingerprint density at radius 3 is 2.83 bits per heavy atom. The third-order valence-electron chi connectivity index (χ3n) is 2.41. The summed E-state index contributed by atoms with van der Waals surface area (Å²) < 4.78 is 0. The van der Waals surface area contributed by atoms with Crippen molar-refractivity contribution in [3.63, 3.8) is 0 Å². The van der Waals surface area contributed by atoms with Gasteiger partial charge in [0.05, 0.1) is 6.07 Å². The molecule has 1 saturated heterocycles. The van der Waals surface area contributed by atoms with Crippen molar-refractivity contribution in [2.45, 2.75) is 45.2 Å². The van der Waals surface area contributed by atoms with Gasteiger partial charge >= 0.3 is 0 Å². The zero-order valence-electron chi connectivity index (χ0n) is 7.58. The lowest BCUT2D eigenvalue weighted by Crippen LogP contribution is -2.39. The predicted octanol–water partition coefficient (Wildman–Crippen LogP) is 1.30. The van der Waals surface area contributed by atoms with Crippen molar-refractivity contribution < 1.29 is 4.79 Å². The monoisotopic (exact) mass is 166 g/mol. The minimum atomic E-state index is -0.213. The van der Waals surface area contributed by atoms with Gasteiger partial charge in [0.2, 0.25) is 5.91 Å². The second kappa shape index (κ2) is 3.57. The summed E-state index contributed by atoms with van der Waals surface area (Å²) in [4.78, 5) is 13.0. The van der Waals surface area contributed by atoms with Crippen molar-refractivity contribution in [1.29, 1.82) is 5.26 Å². The van der Waals surface area contributed by atoms with Crippen LogP contribution in [0.25, 0.3) is 0 Å². The first-order chi connectivity index (χ1) is 5.70. The molecule has 1 aliphatic rings. The van der Waals surface area contributed by atoms with Gasteiger partial charge in [-0.25, -0.2) is 0 Å². The van der Waals surface area contributed by atoms with E-state index in [0.717, 1.165) is 12.8 Å². The molecule has 0 aromatic heterocycles. The van der Waals surface area contributed by atoms with Gasteiger partial charge in [0.15, 0.2) is 0 Å². The highest BCUT2D eigenvalue weighted by Crippen LogP contribution is 2.21. The minimum Gasteiger partial charge on any atom is -0.324 e. The molecule has 0 bridgehead atoms. The molecule has 0 radical (unpaired) electrons. The summed E-state index contributed by atoms with van der Waals surface area (Å²) in [5, 5.41) is 8.78. The van der Waals surface area contributed by atoms with Gasteiger partial charge < -0.3 is 4.90 Å². The first-order valence-electron chi connectivity index (χ1n) is 4.41. The maximum Gasteiger partial charge on any atom is 0.223 e. The lowest BCUT2D eigenvalue weighted by atomic mass is 10.2. The third kappa shape index (κ3) is 1.42. The van der Waals surface area contributed by atoms with Gasteiger partial charge in [0, 0.05) is 12.5 Å². The van der Waals surface area contributed by atoms with Crippen LogP contribution in [0.3, 0.4) is 0 Å². The molecule has 0 aromatic carbocycles. The highest BCUT2D eigenvalue weighted by atomic mass is 16.2. The molecule has 66 valence electrons. The van der Waals surface area contributed by atoms with Crippen LogP contribution in [-0.2, 0) is 4.79 Å². The summed E-state index contributed by atoms with van der Waals surface area (Å²) in [5.41, 5.74) is 0. The van der Waals surface area contributed by atoms with Crippen LogP contribution in [0.4, 0.5) is 0 Å². The van der Waals surface area contributed by atoms with Gasteiger partial charge in [-0.2, -0.15) is 5.26 Å². The number of amides is 1. The highest BCUT2D eigenvalue weighted by molar-refractivity contribution is 5.79. The van der Waals surface area contributed by atoms with Crippen LogP contribution in [0, 0.1) is 11.3 Å². The van der Waals surface area contributed by atoms with E-state index in [0.29, 0.717) is 6.42 Å². The smallest absolute Gasteiger partial charge is 0.223 e. The molecule has 1 rings (SSSR count). The fraction of sp³-hybridized carbons (Fsp3) is 0.778. The third-order valence-corrected chi connectivity index (χ3v) is 2.41. The summed E-state index contributed by atoms with van der Waals surface area (Å²) in [5.74, 6) is 0.135. The second-order valence-electron chi connectivity index (χ2n) is 3.24. The molecule has 0 aliphatic carbocycles. The van der Waals surface area contributed by atoms with Crippen LogP contribution < -0.4 is 0 Å². The first-order valence-corrected chi connectivity index (χ1v) is 4.41. The van der Waals surface area contributed by atoms with Crippen LogP contribution in [0.5, 0.6) is 0 Å². The van der Waals surface area contributed by atoms with Gasteiger partial charge in [0.25, 0.3) is 0 Å². The van der Waals surface area contributed by atoms with Gasteiger partial charge in [-0.15, -0.1) is 0 Å². The van der Waals surface area contributed by atoms with Crippen LogP contribution >= 0.6 is 0 Å². The molecule has 1 aliphatic heterocycles. The van der Waals surface area contributed by atoms with Gasteiger partial charge in [-0.3, -0.25) is 4.79 Å². The fourth-order valence-electron chi connectivity index (χ4n) is 1.68. The average molecular weight is 166 g/mol. The summed E-state index contributed by atoms with van der Waals surface area (Å²) in [6.07, 6.45) is 2.24. The van der Waals surface area contributed by atoms with E-state index in [9.17, 15) is 4.79 Å². The normalized spacial score (nSPS) is 25.6. The molecular weight excluding hydrogens is 152 g/mol. The maximum atomic E-state index is 11.3. The SMILES string of the molecule is CCC(C#N)N1C(=O)CCC1C. The molecule has 0 aromatic rings. The molecule has 1 heterocycles. The molecule has 0 spiro atoms. The van der Waals surface area contributed by atoms with Crippen LogP contribution in [-0.4, -0.2) is 22.9 Å². The Morgan fingerprint density at radius 2 is 2.50 bits per heavy atom. The summed E-state index contributed by atoms with van der Waals surface area (Å²) in [6, 6.07) is 2.20. The Balaban J connectivity index is 2.72. The van der Waals surface area contributed by atoms with Crippen LogP contribution in [0.1, 0.15) is 33.1 Å². The number of nitrogens with zero attached hydrogens (tertiary/aromatic N) is 2. The minimum absolute atomic E-state index is 0.135. The molecule has 3 nitrogen and oxygen atoms in total. The first kappa shape index (κ1) is 9.05. The molecule has 0 N–H and O–H groups in total. The van der Waals surface area contributed by atoms with Crippen molar-refractivity contribution in [2.24, 2.45) is 0 Å². The van der Waals surface area contributed by atoms with E-state index in [2.05, 4.69) is 6.07 Å². The van der Waals surface area contributed by atoms with Gasteiger partial charge in [-0.05, 0) is 19.8 Å². The largest absolute Gasteiger partial charge is 0.324 e. The van der Waals surface area contributed by atoms with Gasteiger partial charge in [-0.1, -0.05) is 6.92 Å². The molecule has 1 fully saturated rings. The van der Waals surface area contributed by atoms with E-state index in [1.54, 1.807) is 4.90 Å². The quantitative estimate of drug-likeness (QED) is 0.620. The molecule has 0 saturated carbocycles. The Bertz CT molecular complexity index is 219. The van der Waals surface area contributed by atoms with Crippen molar-refractivity contribution >= 4 is 5.91 Å². The molecular formula is C9H14N2O. The zero-order valence-corrected chi connectivity index (χ0v) is 7.58. The number of nitriles is 1. The van der Waals surface area contributed by atoms with Gasteiger partial charge in [0.1, 0.15) is 6.04 Å². The van der Waals surface area contributed by atoms with Crippen LogP contribution in [0.2, 0.25) is 0 Å². The molecule has 2 unspecified atom stereocenters. The zero-order chi connectivity index (χ0) is 9.14. The number of carbonyl (C=O) groups is 1. The number of hydrogen-bond acceptors (Lipinski definition) is 2. The predicted molar refractivity (Wildman–Crippen MR) is 45.2 cm³/mol. The molecule has 3 heteroatoms. The lowest BCUT2D eigenvalue weighted by Gasteiger charge is -2.25. The van der Waals surface area contributed by atoms with Crippen molar-refractivity contribution in [3.05, 3.63) is 0 Å². The number of likely N-dealkylation sites (tertiary alicyclic amines) is 1. The number of carbonyl (C=O) groups excluding carboxylic acids is 1. The number of hydrogen-bond donors (Lipinski definition) is 0. The Kier molecular flexibility index (Phi) is 2.69.